The molecule has 4 fully saturated rings. The zero-order valence-corrected chi connectivity index (χ0v) is 70.0. The van der Waals surface area contributed by atoms with Crippen LogP contribution in [0.25, 0.3) is 66.6 Å². The fourth-order valence-corrected chi connectivity index (χ4v) is 16.1. The number of alkyl halides is 1. The SMILES string of the molecule is CC1CCC(CBr)CC1.CCNc1ncc2c(-c3ccccc3)nn(CC3CCC(N)CC3)c2n1.CSc1ncc2c(-c3ccccc3)nn(CC3CCC(NC(=O)OC(C)(C)C)CC3)c2n1.CSc1ncc2c(Br)[nH]nc2n1.CSc1ncc2c(Br)nn(CC3CCC(NC(=O)OC(C)(C)C)CC3)c2n1. The Balaban J connectivity index is 0.000000150. The zero-order chi connectivity index (χ0) is 75.5. The van der Waals surface area contributed by atoms with Crippen LogP contribution in [0.15, 0.2) is 110 Å². The topological polar surface area (TPSA) is 300 Å². The van der Waals surface area contributed by atoms with Crippen LogP contribution in [0.5, 0.6) is 0 Å². The fraction of sp³-hybridized carbons (Fsp3) is 0.553. The average molecular weight is 1700 g/mol. The van der Waals surface area contributed by atoms with Crippen molar-refractivity contribution >= 4 is 145 Å². The minimum atomic E-state index is -0.476. The number of nitrogens with one attached hydrogen (secondary N) is 4. The van der Waals surface area contributed by atoms with Crippen molar-refractivity contribution < 1.29 is 19.1 Å². The highest BCUT2D eigenvalue weighted by Crippen LogP contribution is 2.36. The molecule has 8 aromatic heterocycles. The molecule has 0 aliphatic heterocycles. The number of aromatic amines is 1. The van der Waals surface area contributed by atoms with Crippen LogP contribution >= 0.6 is 83.1 Å². The normalized spacial score (nSPS) is 20.4. The van der Waals surface area contributed by atoms with Gasteiger partial charge in [-0.25, -0.2) is 58.5 Å². The molecule has 0 saturated heterocycles. The lowest BCUT2D eigenvalue weighted by Crippen LogP contribution is -2.41. The first kappa shape index (κ1) is 81.9. The summed E-state index contributed by atoms with van der Waals surface area (Å²) in [4.78, 5) is 59.7. The molecule has 106 heavy (non-hydrogen) atoms. The van der Waals surface area contributed by atoms with Crippen molar-refractivity contribution in [3.05, 3.63) is 94.7 Å². The van der Waals surface area contributed by atoms with Gasteiger partial charge in [-0.15, -0.1) is 0 Å². The van der Waals surface area contributed by atoms with E-state index in [1.54, 1.807) is 6.20 Å². The third-order valence-corrected chi connectivity index (χ3v) is 23.1. The third kappa shape index (κ3) is 23.7. The van der Waals surface area contributed by atoms with Crippen LogP contribution < -0.4 is 21.7 Å². The molecule has 4 aliphatic carbocycles. The van der Waals surface area contributed by atoms with Crippen molar-refractivity contribution in [2.45, 2.75) is 223 Å². The minimum absolute atomic E-state index is 0.167. The van der Waals surface area contributed by atoms with E-state index < -0.39 is 11.2 Å². The Morgan fingerprint density at radius 1 is 0.538 bits per heavy atom. The van der Waals surface area contributed by atoms with Gasteiger partial charge in [-0.05, 0) is 219 Å². The molecule has 0 unspecified atom stereocenters. The summed E-state index contributed by atoms with van der Waals surface area (Å²) in [6, 6.07) is 21.2. The van der Waals surface area contributed by atoms with Crippen molar-refractivity contribution in [2.75, 3.05) is 36.0 Å². The van der Waals surface area contributed by atoms with Gasteiger partial charge in [0, 0.05) is 85.5 Å². The molecule has 10 aromatic rings. The standard InChI is InChI=1S/C24H31N5O2S.C20H26N6.C18H26BrN5O2S.C8H15Br.C6H5BrN4S/c1-24(2,3)31-23(30)26-18-12-10-16(11-13-18)15-29-21-19(14-25-22(27-21)32-4)20(28-29)17-8-6-5-7-9-17;1-2-22-20-23-12-17-18(15-6-4-3-5-7-15)25-26(19(17)24-20)13-14-8-10-16(21)11-9-14;1-18(2,3)26-17(25)21-12-7-5-11(6-8-12)10-24-15-13(14(19)23-24)9-20-16(22-15)27-4;1-7-2-4-8(6-9)5-3-7;1-12-6-8-2-3-4(7)10-11-5(3)9-6/h5-9,14,16,18H,10-13,15H2,1-4H3,(H,26,30);3-7,12,14,16H,2,8-11,13,21H2,1H3,(H,22,23,24);9,11-12H,5-8,10H2,1-4H3,(H,21,25);7-8H,2-6H2,1H3;2H,1H3,(H,8,9,10,11). The van der Waals surface area contributed by atoms with Crippen molar-refractivity contribution in [1.82, 2.24) is 90.0 Å². The van der Waals surface area contributed by atoms with Crippen LogP contribution in [0.3, 0.4) is 0 Å². The molecule has 8 heterocycles. The van der Waals surface area contributed by atoms with Crippen LogP contribution in [0.2, 0.25) is 0 Å². The first-order chi connectivity index (χ1) is 50.9. The second kappa shape index (κ2) is 39.2. The Morgan fingerprint density at radius 2 is 0.943 bits per heavy atom. The Kier molecular flexibility index (Phi) is 30.3. The maximum atomic E-state index is 12.1. The lowest BCUT2D eigenvalue weighted by molar-refractivity contribution is 0.0474. The first-order valence-electron chi connectivity index (χ1n) is 37.0. The van der Waals surface area contributed by atoms with Gasteiger partial charge in [0.25, 0.3) is 0 Å². The summed E-state index contributed by atoms with van der Waals surface area (Å²) in [7, 11) is 0. The van der Waals surface area contributed by atoms with Crippen molar-refractivity contribution in [2.24, 2.45) is 35.3 Å². The van der Waals surface area contributed by atoms with Gasteiger partial charge < -0.3 is 31.2 Å². The number of fused-ring (bicyclic) bond motifs is 4. The van der Waals surface area contributed by atoms with Gasteiger partial charge in [0.15, 0.2) is 38.1 Å². The Bertz CT molecular complexity index is 4430. The Labute approximate surface area is 660 Å². The van der Waals surface area contributed by atoms with Crippen LogP contribution in [-0.2, 0) is 29.1 Å². The molecule has 0 spiro atoms. The number of hydrogen-bond acceptors (Lipinski definition) is 21. The molecule has 2 amide bonds. The lowest BCUT2D eigenvalue weighted by atomic mass is 9.84. The van der Waals surface area contributed by atoms with Gasteiger partial charge in [-0.3, -0.25) is 5.10 Å². The number of anilines is 1. The predicted molar refractivity (Wildman–Crippen MR) is 439 cm³/mol. The highest BCUT2D eigenvalue weighted by atomic mass is 79.9. The number of thioether (sulfide) groups is 3. The van der Waals surface area contributed by atoms with Crippen molar-refractivity contribution in [3.63, 3.8) is 0 Å². The third-order valence-electron chi connectivity index (χ3n) is 19.3. The van der Waals surface area contributed by atoms with Gasteiger partial charge in [0.05, 0.1) is 21.5 Å². The van der Waals surface area contributed by atoms with E-state index in [1.165, 1.54) is 66.3 Å². The highest BCUT2D eigenvalue weighted by Gasteiger charge is 2.30. The van der Waals surface area contributed by atoms with Crippen LogP contribution in [-0.4, -0.2) is 152 Å². The van der Waals surface area contributed by atoms with E-state index in [2.05, 4.69) is 145 Å². The van der Waals surface area contributed by atoms with Gasteiger partial charge in [0.1, 0.15) is 31.8 Å². The van der Waals surface area contributed by atoms with Crippen LogP contribution in [0, 0.1) is 29.6 Å². The van der Waals surface area contributed by atoms with Crippen LogP contribution in [0.1, 0.15) is 158 Å². The summed E-state index contributed by atoms with van der Waals surface area (Å²) in [6.07, 6.45) is 30.9. The lowest BCUT2D eigenvalue weighted by Gasteiger charge is -2.30. The molecular formula is C76H103Br3N20O4S3. The minimum Gasteiger partial charge on any atom is -0.444 e. The number of hydrogen-bond donors (Lipinski definition) is 5. The number of H-pyrrole nitrogens is 1. The van der Waals surface area contributed by atoms with E-state index in [9.17, 15) is 9.59 Å². The Hall–Kier alpha value is -6.57. The maximum absolute atomic E-state index is 12.1. The molecule has 0 atom stereocenters. The summed E-state index contributed by atoms with van der Waals surface area (Å²) in [5.74, 6) is 4.27. The number of carbonyl (C=O) groups is 2. The van der Waals surface area contributed by atoms with E-state index in [0.717, 1.165) is 201 Å². The van der Waals surface area contributed by atoms with Crippen molar-refractivity contribution in [3.8, 4) is 22.5 Å². The molecule has 4 saturated carbocycles. The number of rotatable bonds is 16. The second-order valence-electron chi connectivity index (χ2n) is 29.8. The number of halogens is 3. The number of amides is 2. The van der Waals surface area contributed by atoms with E-state index in [4.69, 9.17) is 35.4 Å². The number of nitrogens with two attached hydrogens (primary N) is 1. The smallest absolute Gasteiger partial charge is 0.407 e. The molecular weight excluding hydrogens is 1590 g/mol. The number of alkyl carbamates (subject to hydrolysis) is 2. The van der Waals surface area contributed by atoms with Gasteiger partial charge in [-0.1, -0.05) is 132 Å². The second-order valence-corrected chi connectivity index (χ2v) is 34.3. The number of nitrogens with zero attached hydrogens (tertiary/aromatic N) is 15. The number of aromatic nitrogens is 16. The van der Waals surface area contributed by atoms with Crippen LogP contribution in [0.4, 0.5) is 15.5 Å². The van der Waals surface area contributed by atoms with Gasteiger partial charge >= 0.3 is 12.2 Å². The monoisotopic (exact) mass is 1690 g/mol. The van der Waals surface area contributed by atoms with E-state index >= 15 is 0 Å². The van der Waals surface area contributed by atoms with E-state index in [1.807, 2.05) is 132 Å². The summed E-state index contributed by atoms with van der Waals surface area (Å²) in [5.41, 5.74) is 12.5. The number of benzene rings is 2. The molecule has 0 bridgehead atoms. The summed E-state index contributed by atoms with van der Waals surface area (Å²) in [5, 5.41) is 37.8. The summed E-state index contributed by atoms with van der Waals surface area (Å²) in [6.45, 7) is 19.0. The predicted octanol–water partition coefficient (Wildman–Crippen LogP) is 18.2. The summed E-state index contributed by atoms with van der Waals surface area (Å²) >= 11 is 14.9. The molecule has 6 N–H and O–H groups in total. The first-order valence-corrected chi connectivity index (χ1v) is 43.3. The number of ether oxygens (including phenoxy) is 2. The number of carbonyl (C=O) groups excluding carboxylic acids is 2. The van der Waals surface area contributed by atoms with Gasteiger partial charge in [-0.2, -0.15) is 25.4 Å². The van der Waals surface area contributed by atoms with Crippen molar-refractivity contribution in [1.29, 1.82) is 0 Å². The largest absolute Gasteiger partial charge is 0.444 e. The molecule has 0 radical (unpaired) electrons. The molecule has 30 heteroatoms. The Morgan fingerprint density at radius 3 is 1.40 bits per heavy atom. The molecule has 24 nitrogen and oxygen atoms in total. The zero-order valence-electron chi connectivity index (χ0n) is 62.8. The highest BCUT2D eigenvalue weighted by molar-refractivity contribution is 9.11. The average Bonchev–Trinajstić information content (AvgIpc) is 1.62. The fourth-order valence-electron chi connectivity index (χ4n) is 13.6. The molecule has 2 aromatic carbocycles. The van der Waals surface area contributed by atoms with E-state index in [-0.39, 0.29) is 24.3 Å². The molecule has 14 rings (SSSR count). The quantitative estimate of drug-likeness (QED) is 0.0341. The van der Waals surface area contributed by atoms with Gasteiger partial charge in [0.2, 0.25) is 5.95 Å². The summed E-state index contributed by atoms with van der Waals surface area (Å²) < 4.78 is 18.5. The molecule has 570 valence electrons. The van der Waals surface area contributed by atoms with E-state index in [0.29, 0.717) is 35.4 Å². The maximum Gasteiger partial charge on any atom is 0.407 e. The molecule has 4 aliphatic rings.